The molecule has 228 valence electrons. The minimum atomic E-state index is -4.78. The summed E-state index contributed by atoms with van der Waals surface area (Å²) in [5, 5.41) is 20.2. The molecular weight excluding hydrogens is 595 g/mol. The Balaban J connectivity index is 1.43. The van der Waals surface area contributed by atoms with Gasteiger partial charge < -0.3 is 19.9 Å². The van der Waals surface area contributed by atoms with Crippen LogP contribution in [0.2, 0.25) is 0 Å². The number of ether oxygens (including phenoxy) is 2. The first kappa shape index (κ1) is 31.8. The maximum atomic E-state index is 15.6. The monoisotopic (exact) mass is 617 g/mol. The predicted octanol–water partition coefficient (Wildman–Crippen LogP) is 6.41. The zero-order chi connectivity index (χ0) is 32.0. The van der Waals surface area contributed by atoms with Crippen molar-refractivity contribution in [2.45, 2.75) is 24.5 Å². The third-order valence-electron chi connectivity index (χ3n) is 6.21. The molecule has 0 aliphatic heterocycles. The third kappa shape index (κ3) is 7.64. The molecule has 0 saturated heterocycles. The van der Waals surface area contributed by atoms with Gasteiger partial charge in [-0.2, -0.15) is 8.78 Å². The van der Waals surface area contributed by atoms with Crippen molar-refractivity contribution in [2.24, 2.45) is 0 Å². The zero-order valence-electron chi connectivity index (χ0n) is 22.4. The van der Waals surface area contributed by atoms with Gasteiger partial charge in [0, 0.05) is 29.0 Å². The van der Waals surface area contributed by atoms with E-state index in [2.05, 4.69) is 26.9 Å². The van der Waals surface area contributed by atoms with Crippen molar-refractivity contribution >= 4 is 6.34 Å². The fourth-order valence-corrected chi connectivity index (χ4v) is 4.00. The second kappa shape index (κ2) is 13.0. The number of hydrogen-bond donors (Lipinski definition) is 3. The highest BCUT2D eigenvalue weighted by molar-refractivity contribution is 5.50. The second-order valence-electron chi connectivity index (χ2n) is 9.27. The van der Waals surface area contributed by atoms with Crippen LogP contribution >= 0.6 is 0 Å². The van der Waals surface area contributed by atoms with Crippen molar-refractivity contribution < 1.29 is 45.3 Å². The summed E-state index contributed by atoms with van der Waals surface area (Å²) in [5.41, 5.74) is -3.62. The minimum absolute atomic E-state index is 0.0837. The van der Waals surface area contributed by atoms with Crippen LogP contribution in [0.25, 0.3) is 0 Å². The lowest BCUT2D eigenvalue weighted by Crippen LogP contribution is -2.51. The Morgan fingerprint density at radius 3 is 2.07 bits per heavy atom. The van der Waals surface area contributed by atoms with E-state index in [0.717, 1.165) is 18.3 Å². The first-order chi connectivity index (χ1) is 20.8. The second-order valence-corrected chi connectivity index (χ2v) is 9.27. The highest BCUT2D eigenvalue weighted by atomic mass is 19.4. The first-order valence-corrected chi connectivity index (χ1v) is 12.6. The van der Waals surface area contributed by atoms with Crippen LogP contribution in [0.15, 0.2) is 85.1 Å². The van der Waals surface area contributed by atoms with Crippen LogP contribution in [0.3, 0.4) is 0 Å². The van der Waals surface area contributed by atoms with Gasteiger partial charge in [-0.05, 0) is 66.2 Å². The van der Waals surface area contributed by atoms with Crippen LogP contribution in [0.4, 0.5) is 30.7 Å². The summed E-state index contributed by atoms with van der Waals surface area (Å²) in [5.74, 6) is -0.887. The number of hydrogen-bond acceptors (Lipinski definition) is 5. The van der Waals surface area contributed by atoms with Gasteiger partial charge >= 0.3 is 12.3 Å². The molecule has 4 aromatic rings. The summed E-state index contributed by atoms with van der Waals surface area (Å²) in [6, 6.07) is 15.7. The smallest absolute Gasteiger partial charge is 0.489 e. The van der Waals surface area contributed by atoms with Gasteiger partial charge in [-0.3, -0.25) is 10.4 Å². The van der Waals surface area contributed by atoms with Crippen LogP contribution in [-0.4, -0.2) is 29.3 Å². The van der Waals surface area contributed by atoms with Crippen LogP contribution in [0.5, 0.6) is 11.5 Å². The number of alkyl halides is 5. The number of benzene rings is 3. The van der Waals surface area contributed by atoms with Crippen molar-refractivity contribution in [3.8, 4) is 23.3 Å². The first-order valence-electron chi connectivity index (χ1n) is 12.6. The molecule has 3 aromatic carbocycles. The Hall–Kier alpha value is -5.09. The van der Waals surface area contributed by atoms with E-state index < -0.39 is 47.3 Å². The molecule has 0 fully saturated rings. The number of rotatable bonds is 10. The molecule has 13 heteroatoms. The summed E-state index contributed by atoms with van der Waals surface area (Å²) in [7, 11) is 0. The average Bonchev–Trinajstić information content (AvgIpc) is 2.98. The Morgan fingerprint density at radius 2 is 1.48 bits per heavy atom. The lowest BCUT2D eigenvalue weighted by Gasteiger charge is -2.36. The molecule has 3 N–H and O–H groups in total. The maximum absolute atomic E-state index is 15.6. The van der Waals surface area contributed by atoms with Crippen LogP contribution < -0.4 is 14.8 Å². The predicted molar refractivity (Wildman–Crippen MR) is 145 cm³/mol. The molecular formula is C31H22F7N3O3. The van der Waals surface area contributed by atoms with E-state index in [9.17, 15) is 27.1 Å². The summed E-state index contributed by atoms with van der Waals surface area (Å²) < 4.78 is 105. The molecule has 4 rings (SSSR count). The van der Waals surface area contributed by atoms with Crippen LogP contribution in [0.1, 0.15) is 27.9 Å². The molecule has 1 heterocycles. The van der Waals surface area contributed by atoms with Gasteiger partial charge in [0.1, 0.15) is 35.4 Å². The lowest BCUT2D eigenvalue weighted by atomic mass is 9.84. The van der Waals surface area contributed by atoms with Gasteiger partial charge in [0.2, 0.25) is 0 Å². The van der Waals surface area contributed by atoms with Crippen molar-refractivity contribution in [1.82, 2.24) is 10.3 Å². The fraction of sp³-hybridized carbons (Fsp3) is 0.161. The van der Waals surface area contributed by atoms with Gasteiger partial charge in [-0.15, -0.1) is 13.2 Å². The highest BCUT2D eigenvalue weighted by Gasteiger charge is 2.57. The molecule has 6 nitrogen and oxygen atoms in total. The standard InChI is InChI=1S/C31H22F7N3O3/c32-23-8-13-26(27(33)15-23)29(42,18-40-19-39)30(34,35)28-14-7-21(16-41-28)2-1-20-3-9-24(10-4-20)43-17-22-5-11-25(12-6-22)44-31(36,37)38/h3-16,19,42H,17-18H2,(H2,39,40). The minimum Gasteiger partial charge on any atom is -0.489 e. The Kier molecular flexibility index (Phi) is 9.44. The molecule has 1 unspecified atom stereocenters. The molecule has 1 aromatic heterocycles. The van der Waals surface area contributed by atoms with Crippen molar-refractivity contribution in [3.63, 3.8) is 0 Å². The number of halogens is 7. The van der Waals surface area contributed by atoms with Crippen molar-refractivity contribution in [2.75, 3.05) is 6.54 Å². The lowest BCUT2D eigenvalue weighted by molar-refractivity contribution is -0.274. The SMILES string of the molecule is N=CNCC(O)(c1ccc(F)cc1F)C(F)(F)c1ccc(C#Cc2ccc(OCc3ccc(OC(F)(F)F)cc3)cc2)cn1. The van der Waals surface area contributed by atoms with Gasteiger partial charge in [0.05, 0.1) is 12.9 Å². The summed E-state index contributed by atoms with van der Waals surface area (Å²) in [6.45, 7) is -0.890. The number of nitrogens with one attached hydrogen (secondary N) is 2. The maximum Gasteiger partial charge on any atom is 0.573 e. The molecule has 0 radical (unpaired) electrons. The van der Waals surface area contributed by atoms with Gasteiger partial charge in [0.15, 0.2) is 5.60 Å². The molecule has 0 aliphatic rings. The largest absolute Gasteiger partial charge is 0.573 e. The Morgan fingerprint density at radius 1 is 0.841 bits per heavy atom. The van der Waals surface area contributed by atoms with Crippen molar-refractivity contribution in [1.29, 1.82) is 5.41 Å². The molecule has 1 atom stereocenters. The van der Waals surface area contributed by atoms with E-state index >= 15 is 8.78 Å². The Labute approximate surface area is 246 Å². The van der Waals surface area contributed by atoms with E-state index in [1.807, 2.05) is 0 Å². The van der Waals surface area contributed by atoms with E-state index in [4.69, 9.17) is 10.1 Å². The third-order valence-corrected chi connectivity index (χ3v) is 6.21. The molecule has 0 aliphatic carbocycles. The summed E-state index contributed by atoms with van der Waals surface area (Å²) in [4.78, 5) is 3.72. The quantitative estimate of drug-likeness (QED) is 0.0829. The number of pyridine rings is 1. The van der Waals surface area contributed by atoms with E-state index in [1.165, 1.54) is 30.3 Å². The number of aliphatic hydroxyl groups is 1. The van der Waals surface area contributed by atoms with Crippen LogP contribution in [0, 0.1) is 28.9 Å². The molecule has 0 saturated carbocycles. The molecule has 0 spiro atoms. The number of nitrogens with zero attached hydrogens (tertiary/aromatic N) is 1. The fourth-order valence-electron chi connectivity index (χ4n) is 4.00. The van der Waals surface area contributed by atoms with Crippen LogP contribution in [-0.2, 0) is 18.1 Å². The van der Waals surface area contributed by atoms with Gasteiger partial charge in [0.25, 0.3) is 0 Å². The molecule has 44 heavy (non-hydrogen) atoms. The van der Waals surface area contributed by atoms with Crippen molar-refractivity contribution in [3.05, 3.63) is 125 Å². The Bertz CT molecular complexity index is 1650. The van der Waals surface area contributed by atoms with E-state index in [1.54, 1.807) is 24.3 Å². The average molecular weight is 618 g/mol. The highest BCUT2D eigenvalue weighted by Crippen LogP contribution is 2.45. The summed E-state index contributed by atoms with van der Waals surface area (Å²) in [6.07, 6.45) is -3.19. The topological polar surface area (TPSA) is 87.5 Å². The van der Waals surface area contributed by atoms with Gasteiger partial charge in [-0.1, -0.05) is 24.0 Å². The molecule has 0 amide bonds. The van der Waals surface area contributed by atoms with E-state index in [0.29, 0.717) is 35.3 Å². The van der Waals surface area contributed by atoms with Gasteiger partial charge in [-0.25, -0.2) is 8.78 Å². The zero-order valence-corrected chi connectivity index (χ0v) is 22.4. The summed E-state index contributed by atoms with van der Waals surface area (Å²) >= 11 is 0. The number of aromatic nitrogens is 1. The van der Waals surface area contributed by atoms with E-state index in [-0.39, 0.29) is 17.9 Å². The molecule has 0 bridgehead atoms. The normalized spacial score (nSPS) is 12.8.